The summed E-state index contributed by atoms with van der Waals surface area (Å²) in [5, 5.41) is 21.4. The summed E-state index contributed by atoms with van der Waals surface area (Å²) in [6.07, 6.45) is -5.89. The first-order chi connectivity index (χ1) is 27.9. The molecule has 18 heteroatoms. The molecule has 0 bridgehead atoms. The van der Waals surface area contributed by atoms with Crippen LogP contribution in [0.3, 0.4) is 0 Å². The summed E-state index contributed by atoms with van der Waals surface area (Å²) in [6.45, 7) is 1.39. The molecule has 318 valence electrons. The molecule has 6 rings (SSSR count). The summed E-state index contributed by atoms with van der Waals surface area (Å²) in [6, 6.07) is 7.69. The predicted octanol–water partition coefficient (Wildman–Crippen LogP) is 9.04. The highest BCUT2D eigenvalue weighted by Gasteiger charge is 2.57. The Hall–Kier alpha value is -4.92. The van der Waals surface area contributed by atoms with Crippen LogP contribution in [0.4, 0.5) is 30.7 Å². The van der Waals surface area contributed by atoms with Crippen molar-refractivity contribution in [1.29, 1.82) is 5.26 Å². The molecule has 2 saturated heterocycles. The van der Waals surface area contributed by atoms with Gasteiger partial charge in [0, 0.05) is 49.3 Å². The minimum absolute atomic E-state index is 0.00934. The number of carbonyl (C=O) groups is 3. The second kappa shape index (κ2) is 17.0. The van der Waals surface area contributed by atoms with Gasteiger partial charge in [-0.2, -0.15) is 31.6 Å². The van der Waals surface area contributed by atoms with Crippen LogP contribution in [0.2, 0.25) is 0 Å². The summed E-state index contributed by atoms with van der Waals surface area (Å²) >= 11 is 0.335. The van der Waals surface area contributed by atoms with Gasteiger partial charge in [-0.15, -0.1) is 11.3 Å². The van der Waals surface area contributed by atoms with Gasteiger partial charge in [0.1, 0.15) is 16.3 Å². The first kappa shape index (κ1) is 43.7. The van der Waals surface area contributed by atoms with Crippen molar-refractivity contribution in [2.24, 2.45) is 5.41 Å². The fourth-order valence-electron chi connectivity index (χ4n) is 8.67. The maximum absolute atomic E-state index is 15.4. The molecule has 2 aromatic heterocycles. The highest BCUT2D eigenvalue weighted by Crippen LogP contribution is 2.47. The Balaban J connectivity index is 1.30. The van der Waals surface area contributed by atoms with Gasteiger partial charge in [-0.05, 0) is 69.6 Å². The minimum atomic E-state index is -4.95. The molecule has 1 N–H and O–H groups in total. The number of benzene rings is 1. The van der Waals surface area contributed by atoms with E-state index < -0.39 is 74.6 Å². The van der Waals surface area contributed by atoms with Gasteiger partial charge in [0.2, 0.25) is 5.60 Å². The first-order valence-electron chi connectivity index (χ1n) is 19.4. The van der Waals surface area contributed by atoms with Gasteiger partial charge in [0.05, 0.1) is 35.1 Å². The number of thiophene rings is 1. The Morgan fingerprint density at radius 1 is 1.00 bits per heavy atom. The predicted molar refractivity (Wildman–Crippen MR) is 199 cm³/mol. The van der Waals surface area contributed by atoms with Crippen LogP contribution in [0.25, 0.3) is 0 Å². The second-order valence-electron chi connectivity index (χ2n) is 15.4. The maximum Gasteiger partial charge on any atom is 0.425 e. The molecule has 2 unspecified atom stereocenters. The smallest absolute Gasteiger partial charge is 0.425 e. The number of rotatable bonds is 13. The Bertz CT molecular complexity index is 2070. The van der Waals surface area contributed by atoms with Crippen LogP contribution >= 0.6 is 11.3 Å². The van der Waals surface area contributed by atoms with Crippen molar-refractivity contribution < 1.29 is 59.7 Å². The standard InChI is InChI=1S/C41H43F7N4O6S/c1-2-8-30-39(58-26-23-31(59-24-26)41(46,47)48,15-6-19-52(30)34(53)32-27(40(43,44)45)10-4-18-50-32)35(54)51-20-16-38(25-49,17-21-51)28-9-3-11-29(42)33(28)57-22-7-14-37(36(55)56)12-5-13-37/h3-4,9-11,18,23-24,30H,2,5-8,12-17,19-22H2,1H3,(H,55,56). The van der Waals surface area contributed by atoms with Gasteiger partial charge in [-0.1, -0.05) is 31.9 Å². The molecule has 1 saturated carbocycles. The zero-order valence-electron chi connectivity index (χ0n) is 32.1. The minimum Gasteiger partial charge on any atom is -0.490 e. The summed E-state index contributed by atoms with van der Waals surface area (Å²) in [4.78, 5) is 46.2. The van der Waals surface area contributed by atoms with E-state index >= 15 is 9.18 Å². The number of halogens is 7. The topological polar surface area (TPSA) is 133 Å². The number of hydrogen-bond donors (Lipinski definition) is 1. The molecule has 1 aromatic carbocycles. The molecule has 10 nitrogen and oxygen atoms in total. The van der Waals surface area contributed by atoms with E-state index in [1.807, 2.05) is 0 Å². The zero-order valence-corrected chi connectivity index (χ0v) is 33.0. The van der Waals surface area contributed by atoms with E-state index in [1.54, 1.807) is 13.0 Å². The molecule has 0 spiro atoms. The molecule has 2 aliphatic heterocycles. The van der Waals surface area contributed by atoms with Crippen LogP contribution in [-0.2, 0) is 27.4 Å². The molecule has 1 aliphatic carbocycles. The van der Waals surface area contributed by atoms with Crippen LogP contribution < -0.4 is 9.47 Å². The number of nitrogens with zero attached hydrogens (tertiary/aromatic N) is 4. The lowest BCUT2D eigenvalue weighted by Crippen LogP contribution is -2.68. The van der Waals surface area contributed by atoms with Crippen LogP contribution in [0, 0.1) is 22.6 Å². The fourth-order valence-corrected chi connectivity index (χ4v) is 9.34. The number of hydrogen-bond acceptors (Lipinski definition) is 8. The van der Waals surface area contributed by atoms with Crippen molar-refractivity contribution in [3.05, 3.63) is 75.5 Å². The lowest BCUT2D eigenvalue weighted by Gasteiger charge is -2.51. The Labute approximate surface area is 339 Å². The molecule has 3 aliphatic rings. The van der Waals surface area contributed by atoms with E-state index in [9.17, 15) is 46.3 Å². The number of piperidine rings is 2. The normalized spacial score (nSPS) is 21.6. The Kier molecular flexibility index (Phi) is 12.6. The SMILES string of the molecule is CCCC1N(C(=O)c2ncccc2C(F)(F)F)CCCC1(Oc1csc(C(F)(F)F)c1)C(=O)N1CCC(C#N)(c2cccc(F)c2OCCCC2(C(=O)O)CCC2)CC1. The van der Waals surface area contributed by atoms with E-state index in [2.05, 4.69) is 11.1 Å². The first-order valence-corrected chi connectivity index (χ1v) is 20.3. The van der Waals surface area contributed by atoms with Gasteiger partial charge in [-0.25, -0.2) is 4.39 Å². The number of aliphatic carboxylic acids is 1. The maximum atomic E-state index is 15.4. The van der Waals surface area contributed by atoms with Gasteiger partial charge in [0.25, 0.3) is 11.8 Å². The second-order valence-corrected chi connectivity index (χ2v) is 16.3. The lowest BCUT2D eigenvalue weighted by molar-refractivity contribution is -0.160. The van der Waals surface area contributed by atoms with Crippen molar-refractivity contribution in [3.63, 3.8) is 0 Å². The highest BCUT2D eigenvalue weighted by atomic mass is 32.1. The number of para-hydroxylation sites is 1. The third-order valence-corrected chi connectivity index (χ3v) is 12.9. The average molecular weight is 853 g/mol. The molecular formula is C41H43F7N4O6S. The number of carboxylic acid groups (broad SMARTS) is 1. The summed E-state index contributed by atoms with van der Waals surface area (Å²) < 4.78 is 111. The third-order valence-electron chi connectivity index (χ3n) is 11.9. The number of likely N-dealkylation sites (tertiary alicyclic amines) is 2. The van der Waals surface area contributed by atoms with Crippen LogP contribution in [0.5, 0.6) is 11.5 Å². The van der Waals surface area contributed by atoms with Crippen molar-refractivity contribution >= 4 is 29.1 Å². The number of aromatic nitrogens is 1. The van der Waals surface area contributed by atoms with E-state index in [0.717, 1.165) is 35.0 Å². The number of amides is 2. The molecule has 59 heavy (non-hydrogen) atoms. The molecular weight excluding hydrogens is 810 g/mol. The number of pyridine rings is 1. The van der Waals surface area contributed by atoms with E-state index in [-0.39, 0.29) is 75.4 Å². The zero-order chi connectivity index (χ0) is 42.8. The number of ether oxygens (including phenoxy) is 2. The number of nitriles is 1. The molecule has 0 radical (unpaired) electrons. The van der Waals surface area contributed by atoms with Crippen LogP contribution in [0.15, 0.2) is 48.0 Å². The fraction of sp³-hybridized carbons (Fsp3) is 0.537. The number of carbonyl (C=O) groups excluding carboxylic acids is 2. The van der Waals surface area contributed by atoms with Gasteiger partial charge < -0.3 is 24.4 Å². The number of alkyl halides is 6. The number of carboxylic acids is 1. The summed E-state index contributed by atoms with van der Waals surface area (Å²) in [7, 11) is 0. The van der Waals surface area contributed by atoms with Crippen LogP contribution in [0.1, 0.15) is 104 Å². The molecule has 2 amide bonds. The lowest BCUT2D eigenvalue weighted by atomic mass is 9.66. The van der Waals surface area contributed by atoms with Crippen molar-refractivity contribution in [2.45, 2.75) is 107 Å². The van der Waals surface area contributed by atoms with Crippen molar-refractivity contribution in [2.75, 3.05) is 26.2 Å². The van der Waals surface area contributed by atoms with E-state index in [1.165, 1.54) is 17.0 Å². The van der Waals surface area contributed by atoms with Gasteiger partial charge in [0.15, 0.2) is 11.6 Å². The largest absolute Gasteiger partial charge is 0.490 e. The molecule has 3 fully saturated rings. The van der Waals surface area contributed by atoms with Gasteiger partial charge >= 0.3 is 18.3 Å². The molecule has 2 atom stereocenters. The quantitative estimate of drug-likeness (QED) is 0.133. The highest BCUT2D eigenvalue weighted by molar-refractivity contribution is 7.10. The summed E-state index contributed by atoms with van der Waals surface area (Å²) in [5.74, 6) is -3.94. The van der Waals surface area contributed by atoms with Crippen molar-refractivity contribution in [3.8, 4) is 17.6 Å². The monoisotopic (exact) mass is 852 g/mol. The molecule has 4 heterocycles. The van der Waals surface area contributed by atoms with E-state index in [0.29, 0.717) is 49.5 Å². The Morgan fingerprint density at radius 3 is 2.32 bits per heavy atom. The Morgan fingerprint density at radius 2 is 1.73 bits per heavy atom. The summed E-state index contributed by atoms with van der Waals surface area (Å²) in [5.41, 5.74) is -6.20. The van der Waals surface area contributed by atoms with E-state index in [4.69, 9.17) is 9.47 Å². The molecule has 3 aromatic rings. The van der Waals surface area contributed by atoms with Crippen molar-refractivity contribution in [1.82, 2.24) is 14.8 Å². The van der Waals surface area contributed by atoms with Gasteiger partial charge in [-0.3, -0.25) is 19.4 Å². The average Bonchev–Trinajstić information content (AvgIpc) is 3.67. The van der Waals surface area contributed by atoms with Crippen LogP contribution in [-0.4, -0.2) is 75.6 Å². The third kappa shape index (κ3) is 8.58.